The van der Waals surface area contributed by atoms with Crippen LogP contribution in [0.5, 0.6) is 5.75 Å². The highest BCUT2D eigenvalue weighted by Gasteiger charge is 2.15. The predicted octanol–water partition coefficient (Wildman–Crippen LogP) is 2.39. The Hall–Kier alpha value is -1.09. The minimum absolute atomic E-state index is 0.169. The summed E-state index contributed by atoms with van der Waals surface area (Å²) >= 11 is 5.39. The molecule has 0 atom stereocenters. The molecule has 0 aromatic heterocycles. The average molecular weight is 189 g/mol. The monoisotopic (exact) mass is 188 g/mol. The van der Waals surface area contributed by atoms with E-state index in [9.17, 15) is 9.18 Å². The molecule has 1 aromatic rings. The van der Waals surface area contributed by atoms with Gasteiger partial charge in [-0.05, 0) is 19.1 Å². The maximum absolute atomic E-state index is 13.0. The van der Waals surface area contributed by atoms with Crippen molar-refractivity contribution in [1.29, 1.82) is 0 Å². The van der Waals surface area contributed by atoms with Gasteiger partial charge in [-0.2, -0.15) is 0 Å². The Kier molecular flexibility index (Phi) is 2.33. The fourth-order valence-corrected chi connectivity index (χ4v) is 1.03. The van der Waals surface area contributed by atoms with Gasteiger partial charge in [-0.1, -0.05) is 11.6 Å². The van der Waals surface area contributed by atoms with E-state index < -0.39 is 11.6 Å². The summed E-state index contributed by atoms with van der Waals surface area (Å²) in [4.78, 5) is 10.8. The van der Waals surface area contributed by atoms with Crippen molar-refractivity contribution in [2.24, 2.45) is 0 Å². The second-order valence-corrected chi connectivity index (χ2v) is 2.72. The Balaban J connectivity index is 3.43. The third kappa shape index (κ3) is 1.41. The molecule has 0 aliphatic rings. The number of phenolic OH excluding ortho intramolecular Hbond substituents is 1. The lowest BCUT2D eigenvalue weighted by molar-refractivity contribution is 0.101. The second kappa shape index (κ2) is 3.11. The summed E-state index contributed by atoms with van der Waals surface area (Å²) in [7, 11) is 0. The molecule has 1 aromatic carbocycles. The van der Waals surface area contributed by atoms with E-state index in [-0.39, 0.29) is 16.3 Å². The number of phenols is 1. The number of hydrogen-bond donors (Lipinski definition) is 1. The number of rotatable bonds is 1. The zero-order valence-electron chi connectivity index (χ0n) is 6.27. The van der Waals surface area contributed by atoms with E-state index in [1.807, 2.05) is 0 Å². The number of hydrogen-bond acceptors (Lipinski definition) is 2. The fraction of sp³-hybridized carbons (Fsp3) is 0.125. The minimum Gasteiger partial charge on any atom is -0.507 e. The van der Waals surface area contributed by atoms with Gasteiger partial charge in [-0.15, -0.1) is 0 Å². The van der Waals surface area contributed by atoms with Gasteiger partial charge in [0, 0.05) is 0 Å². The number of carbonyl (C=O) groups is 1. The zero-order valence-corrected chi connectivity index (χ0v) is 7.02. The van der Waals surface area contributed by atoms with Crippen LogP contribution in [-0.4, -0.2) is 10.9 Å². The van der Waals surface area contributed by atoms with Gasteiger partial charge < -0.3 is 5.11 Å². The first-order valence-corrected chi connectivity index (χ1v) is 3.59. The highest BCUT2D eigenvalue weighted by Crippen LogP contribution is 2.26. The molecule has 1 rings (SSSR count). The standard InChI is InChI=1S/C8H6ClFO2/c1-4(11)7-6(12)3-2-5(9)8(7)10/h2-3,12H,1H3. The Morgan fingerprint density at radius 2 is 2.17 bits per heavy atom. The SMILES string of the molecule is CC(=O)c1c(O)ccc(Cl)c1F. The van der Waals surface area contributed by atoms with Crippen molar-refractivity contribution in [3.05, 3.63) is 28.5 Å². The van der Waals surface area contributed by atoms with Gasteiger partial charge in [0.15, 0.2) is 11.6 Å². The lowest BCUT2D eigenvalue weighted by Gasteiger charge is -2.02. The van der Waals surface area contributed by atoms with Crippen LogP contribution in [0.3, 0.4) is 0 Å². The van der Waals surface area contributed by atoms with Crippen molar-refractivity contribution in [3.63, 3.8) is 0 Å². The Morgan fingerprint density at radius 3 is 2.58 bits per heavy atom. The van der Waals surface area contributed by atoms with E-state index >= 15 is 0 Å². The van der Waals surface area contributed by atoms with Crippen molar-refractivity contribution < 1.29 is 14.3 Å². The van der Waals surface area contributed by atoms with Crippen LogP contribution >= 0.6 is 11.6 Å². The predicted molar refractivity (Wildman–Crippen MR) is 43.1 cm³/mol. The summed E-state index contributed by atoms with van der Waals surface area (Å²) in [6.07, 6.45) is 0. The number of ketones is 1. The molecule has 64 valence electrons. The molecular weight excluding hydrogens is 183 g/mol. The number of aromatic hydroxyl groups is 1. The summed E-state index contributed by atoms with van der Waals surface area (Å²) in [6.45, 7) is 1.16. The van der Waals surface area contributed by atoms with E-state index in [0.717, 1.165) is 6.92 Å². The molecule has 2 nitrogen and oxygen atoms in total. The van der Waals surface area contributed by atoms with Gasteiger partial charge in [0.05, 0.1) is 10.6 Å². The van der Waals surface area contributed by atoms with Gasteiger partial charge in [0.25, 0.3) is 0 Å². The second-order valence-electron chi connectivity index (χ2n) is 2.31. The van der Waals surface area contributed by atoms with Crippen LogP contribution in [-0.2, 0) is 0 Å². The Bertz CT molecular complexity index is 336. The first-order chi connectivity index (χ1) is 5.54. The molecule has 0 unspecified atom stereocenters. The van der Waals surface area contributed by atoms with Crippen molar-refractivity contribution in [2.75, 3.05) is 0 Å². The lowest BCUT2D eigenvalue weighted by atomic mass is 10.1. The van der Waals surface area contributed by atoms with Gasteiger partial charge in [-0.25, -0.2) is 4.39 Å². The van der Waals surface area contributed by atoms with E-state index in [4.69, 9.17) is 16.7 Å². The normalized spacial score (nSPS) is 9.92. The average Bonchev–Trinajstić information content (AvgIpc) is 1.97. The van der Waals surface area contributed by atoms with Gasteiger partial charge in [0.1, 0.15) is 5.75 Å². The van der Waals surface area contributed by atoms with Crippen LogP contribution in [0.25, 0.3) is 0 Å². The Morgan fingerprint density at radius 1 is 1.58 bits per heavy atom. The van der Waals surface area contributed by atoms with E-state index in [1.54, 1.807) is 0 Å². The first kappa shape index (κ1) is 9.00. The third-order valence-electron chi connectivity index (χ3n) is 1.42. The van der Waals surface area contributed by atoms with Crippen molar-refractivity contribution in [1.82, 2.24) is 0 Å². The Labute approximate surface area is 73.6 Å². The maximum Gasteiger partial charge on any atom is 0.166 e. The molecule has 0 fully saturated rings. The molecule has 0 aliphatic heterocycles. The lowest BCUT2D eigenvalue weighted by Crippen LogP contribution is -1.97. The van der Waals surface area contributed by atoms with Gasteiger partial charge in [-0.3, -0.25) is 4.79 Å². The number of carbonyl (C=O) groups excluding carboxylic acids is 1. The molecule has 0 saturated carbocycles. The molecule has 0 spiro atoms. The summed E-state index contributed by atoms with van der Waals surface area (Å²) in [6, 6.07) is 2.38. The largest absolute Gasteiger partial charge is 0.507 e. The maximum atomic E-state index is 13.0. The first-order valence-electron chi connectivity index (χ1n) is 3.22. The molecule has 0 aliphatic carbocycles. The van der Waals surface area contributed by atoms with E-state index in [1.165, 1.54) is 12.1 Å². The summed E-state index contributed by atoms with van der Waals surface area (Å²) in [5.74, 6) is -1.80. The van der Waals surface area contributed by atoms with E-state index in [2.05, 4.69) is 0 Å². The number of benzene rings is 1. The summed E-state index contributed by atoms with van der Waals surface area (Å²) in [5.41, 5.74) is -0.359. The van der Waals surface area contributed by atoms with Crippen LogP contribution in [0.4, 0.5) is 4.39 Å². The quantitative estimate of drug-likeness (QED) is 0.687. The van der Waals surface area contributed by atoms with Crippen molar-refractivity contribution >= 4 is 17.4 Å². The molecule has 4 heteroatoms. The van der Waals surface area contributed by atoms with Gasteiger partial charge in [0.2, 0.25) is 0 Å². The van der Waals surface area contributed by atoms with Crippen LogP contribution < -0.4 is 0 Å². The molecule has 0 amide bonds. The van der Waals surface area contributed by atoms with Gasteiger partial charge >= 0.3 is 0 Å². The molecule has 12 heavy (non-hydrogen) atoms. The summed E-state index contributed by atoms with van der Waals surface area (Å²) < 4.78 is 13.0. The topological polar surface area (TPSA) is 37.3 Å². The third-order valence-corrected chi connectivity index (χ3v) is 1.72. The molecule has 0 heterocycles. The van der Waals surface area contributed by atoms with Crippen LogP contribution in [0.2, 0.25) is 5.02 Å². The van der Waals surface area contributed by atoms with Crippen molar-refractivity contribution in [3.8, 4) is 5.75 Å². The molecule has 0 saturated heterocycles. The molecule has 0 radical (unpaired) electrons. The van der Waals surface area contributed by atoms with E-state index in [0.29, 0.717) is 0 Å². The summed E-state index contributed by atoms with van der Waals surface area (Å²) in [5, 5.41) is 8.90. The number of Topliss-reactive ketones (excluding diaryl/α,β-unsaturated/α-hetero) is 1. The minimum atomic E-state index is -0.871. The molecular formula is C8H6ClFO2. The van der Waals surface area contributed by atoms with Crippen LogP contribution in [0.15, 0.2) is 12.1 Å². The molecule has 0 bridgehead atoms. The van der Waals surface area contributed by atoms with Crippen LogP contribution in [0, 0.1) is 5.82 Å². The fourth-order valence-electron chi connectivity index (χ4n) is 0.875. The molecule has 1 N–H and O–H groups in total. The van der Waals surface area contributed by atoms with Crippen LogP contribution in [0.1, 0.15) is 17.3 Å². The highest BCUT2D eigenvalue weighted by molar-refractivity contribution is 6.31. The zero-order chi connectivity index (χ0) is 9.30. The van der Waals surface area contributed by atoms with Crippen molar-refractivity contribution in [2.45, 2.75) is 6.92 Å². The number of halogens is 2. The smallest absolute Gasteiger partial charge is 0.166 e. The highest BCUT2D eigenvalue weighted by atomic mass is 35.5.